The number of pyridine rings is 1. The van der Waals surface area contributed by atoms with Crippen LogP contribution in [0.3, 0.4) is 0 Å². The van der Waals surface area contributed by atoms with Crippen LogP contribution in [0.5, 0.6) is 0 Å². The van der Waals surface area contributed by atoms with E-state index in [9.17, 15) is 9.18 Å². The Bertz CT molecular complexity index is 839. The fourth-order valence-corrected chi connectivity index (χ4v) is 2.29. The molecule has 0 aliphatic carbocycles. The third-order valence-electron chi connectivity index (χ3n) is 3.28. The second-order valence-electron chi connectivity index (χ2n) is 4.91. The number of halogens is 1. The predicted octanol–water partition coefficient (Wildman–Crippen LogP) is 3.34. The molecule has 21 heavy (non-hydrogen) atoms. The molecule has 0 saturated carbocycles. The Morgan fingerprint density at radius 1 is 1.19 bits per heavy atom. The average molecular weight is 283 g/mol. The second-order valence-corrected chi connectivity index (χ2v) is 4.91. The van der Waals surface area contributed by atoms with Crippen LogP contribution in [0, 0.1) is 19.7 Å². The molecule has 0 bridgehead atoms. The van der Waals surface area contributed by atoms with E-state index in [-0.39, 0.29) is 11.6 Å². The second kappa shape index (κ2) is 5.01. The number of hydrogen-bond donors (Lipinski definition) is 1. The van der Waals surface area contributed by atoms with Crippen LogP contribution in [0.15, 0.2) is 42.6 Å². The van der Waals surface area contributed by atoms with Gasteiger partial charge in [0.15, 0.2) is 0 Å². The van der Waals surface area contributed by atoms with E-state index < -0.39 is 5.82 Å². The summed E-state index contributed by atoms with van der Waals surface area (Å²) in [6.45, 7) is 3.70. The molecule has 0 aliphatic rings. The number of anilines is 1. The van der Waals surface area contributed by atoms with Crippen molar-refractivity contribution in [3.05, 3.63) is 65.4 Å². The van der Waals surface area contributed by atoms with Crippen molar-refractivity contribution in [1.29, 1.82) is 0 Å². The Kier molecular flexibility index (Phi) is 3.17. The maximum Gasteiger partial charge on any atom is 0.274 e. The van der Waals surface area contributed by atoms with Crippen LogP contribution in [0.25, 0.3) is 5.65 Å². The monoisotopic (exact) mass is 283 g/mol. The summed E-state index contributed by atoms with van der Waals surface area (Å²) < 4.78 is 15.4. The van der Waals surface area contributed by atoms with E-state index in [1.807, 2.05) is 25.3 Å². The molecule has 106 valence electrons. The van der Waals surface area contributed by atoms with Crippen LogP contribution in [-0.4, -0.2) is 15.3 Å². The van der Waals surface area contributed by atoms with E-state index in [1.165, 1.54) is 12.1 Å². The Labute approximate surface area is 121 Å². The summed E-state index contributed by atoms with van der Waals surface area (Å²) in [5, 5.41) is 2.59. The van der Waals surface area contributed by atoms with Crippen molar-refractivity contribution in [3.63, 3.8) is 0 Å². The highest BCUT2D eigenvalue weighted by Crippen LogP contribution is 2.17. The van der Waals surface area contributed by atoms with E-state index in [1.54, 1.807) is 23.5 Å². The first-order valence-corrected chi connectivity index (χ1v) is 6.57. The molecule has 1 N–H and O–H groups in total. The molecule has 4 nitrogen and oxygen atoms in total. The number of fused-ring (bicyclic) bond motifs is 1. The number of carbonyl (C=O) groups excluding carboxylic acids is 1. The Morgan fingerprint density at radius 2 is 1.95 bits per heavy atom. The van der Waals surface area contributed by atoms with Crippen molar-refractivity contribution in [3.8, 4) is 0 Å². The maximum absolute atomic E-state index is 13.6. The first-order chi connectivity index (χ1) is 10.1. The molecule has 0 aliphatic heterocycles. The molecular weight excluding hydrogens is 269 g/mol. The number of nitrogens with one attached hydrogen (secondary N) is 1. The first-order valence-electron chi connectivity index (χ1n) is 6.57. The molecule has 3 aromatic rings. The molecule has 0 unspecified atom stereocenters. The van der Waals surface area contributed by atoms with Gasteiger partial charge in [-0.3, -0.25) is 9.20 Å². The van der Waals surface area contributed by atoms with Gasteiger partial charge in [-0.2, -0.15) is 0 Å². The normalized spacial score (nSPS) is 10.8. The molecule has 0 spiro atoms. The van der Waals surface area contributed by atoms with Crippen molar-refractivity contribution in [2.75, 3.05) is 5.32 Å². The summed E-state index contributed by atoms with van der Waals surface area (Å²) >= 11 is 0. The van der Waals surface area contributed by atoms with Gasteiger partial charge in [0.25, 0.3) is 5.91 Å². The number of aryl methyl sites for hydroxylation is 2. The van der Waals surface area contributed by atoms with Crippen molar-refractivity contribution < 1.29 is 9.18 Å². The molecule has 0 atom stereocenters. The maximum atomic E-state index is 13.6. The highest BCUT2D eigenvalue weighted by molar-refractivity contribution is 6.04. The number of amides is 1. The number of imidazole rings is 1. The SMILES string of the molecule is Cc1ccc2nc(C)c(C(=O)Nc3ccccc3F)n2c1. The zero-order chi connectivity index (χ0) is 15.0. The molecule has 5 heteroatoms. The number of hydrogen-bond acceptors (Lipinski definition) is 2. The van der Waals surface area contributed by atoms with Gasteiger partial charge in [0.2, 0.25) is 0 Å². The van der Waals surface area contributed by atoms with Gasteiger partial charge in [-0.15, -0.1) is 0 Å². The minimum absolute atomic E-state index is 0.157. The molecule has 0 radical (unpaired) electrons. The Hall–Kier alpha value is -2.69. The molecule has 1 amide bonds. The largest absolute Gasteiger partial charge is 0.318 e. The predicted molar refractivity (Wildman–Crippen MR) is 79.0 cm³/mol. The summed E-state index contributed by atoms with van der Waals surface area (Å²) in [6.07, 6.45) is 1.84. The topological polar surface area (TPSA) is 46.4 Å². The van der Waals surface area contributed by atoms with Gasteiger partial charge in [0, 0.05) is 6.20 Å². The van der Waals surface area contributed by atoms with Crippen molar-refractivity contribution in [2.24, 2.45) is 0 Å². The lowest BCUT2D eigenvalue weighted by atomic mass is 10.2. The van der Waals surface area contributed by atoms with Crippen LogP contribution in [0.1, 0.15) is 21.7 Å². The summed E-state index contributed by atoms with van der Waals surface area (Å²) in [4.78, 5) is 16.8. The number of nitrogens with zero attached hydrogens (tertiary/aromatic N) is 2. The standard InChI is InChI=1S/C16H14FN3O/c1-10-7-8-14-18-11(2)15(20(14)9-10)16(21)19-13-6-4-3-5-12(13)17/h3-9H,1-2H3,(H,19,21). The summed E-state index contributed by atoms with van der Waals surface area (Å²) in [7, 11) is 0. The van der Waals surface area contributed by atoms with Gasteiger partial charge < -0.3 is 5.32 Å². The van der Waals surface area contributed by atoms with Crippen molar-refractivity contribution in [2.45, 2.75) is 13.8 Å². The summed E-state index contributed by atoms with van der Waals surface area (Å²) in [6, 6.07) is 9.86. The minimum atomic E-state index is -0.464. The zero-order valence-corrected chi connectivity index (χ0v) is 11.7. The molecular formula is C16H14FN3O. The van der Waals surface area contributed by atoms with E-state index in [0.29, 0.717) is 17.0 Å². The lowest BCUT2D eigenvalue weighted by molar-refractivity contribution is 0.102. The van der Waals surface area contributed by atoms with Crippen LogP contribution < -0.4 is 5.32 Å². The van der Waals surface area contributed by atoms with Gasteiger partial charge in [0.05, 0.1) is 11.4 Å². The van der Waals surface area contributed by atoms with Crippen molar-refractivity contribution in [1.82, 2.24) is 9.38 Å². The van der Waals surface area contributed by atoms with Crippen LogP contribution >= 0.6 is 0 Å². The fraction of sp³-hybridized carbons (Fsp3) is 0.125. The van der Waals surface area contributed by atoms with E-state index in [2.05, 4.69) is 10.3 Å². The van der Waals surface area contributed by atoms with Gasteiger partial charge >= 0.3 is 0 Å². The van der Waals surface area contributed by atoms with Gasteiger partial charge in [-0.1, -0.05) is 18.2 Å². The number of carbonyl (C=O) groups is 1. The number of aromatic nitrogens is 2. The molecule has 2 heterocycles. The zero-order valence-electron chi connectivity index (χ0n) is 11.7. The van der Waals surface area contributed by atoms with E-state index >= 15 is 0 Å². The smallest absolute Gasteiger partial charge is 0.274 e. The van der Waals surface area contributed by atoms with Gasteiger partial charge in [-0.05, 0) is 37.6 Å². The number of para-hydroxylation sites is 1. The highest BCUT2D eigenvalue weighted by atomic mass is 19.1. The fourth-order valence-electron chi connectivity index (χ4n) is 2.29. The van der Waals surface area contributed by atoms with Gasteiger partial charge in [0.1, 0.15) is 17.2 Å². The molecule has 2 aromatic heterocycles. The van der Waals surface area contributed by atoms with E-state index in [4.69, 9.17) is 0 Å². The van der Waals surface area contributed by atoms with Crippen LogP contribution in [-0.2, 0) is 0 Å². The quantitative estimate of drug-likeness (QED) is 0.784. The highest BCUT2D eigenvalue weighted by Gasteiger charge is 2.17. The summed E-state index contributed by atoms with van der Waals surface area (Å²) in [5.74, 6) is -0.843. The first kappa shape index (κ1) is 13.3. The van der Waals surface area contributed by atoms with Crippen molar-refractivity contribution >= 4 is 17.2 Å². The average Bonchev–Trinajstić information content (AvgIpc) is 2.76. The lowest BCUT2D eigenvalue weighted by Gasteiger charge is -2.07. The molecule has 1 aromatic carbocycles. The molecule has 0 saturated heterocycles. The third kappa shape index (κ3) is 2.38. The third-order valence-corrected chi connectivity index (χ3v) is 3.28. The summed E-state index contributed by atoms with van der Waals surface area (Å²) in [5.41, 5.74) is 2.88. The Morgan fingerprint density at radius 3 is 2.71 bits per heavy atom. The van der Waals surface area contributed by atoms with E-state index in [0.717, 1.165) is 5.56 Å². The van der Waals surface area contributed by atoms with Crippen LogP contribution in [0.4, 0.5) is 10.1 Å². The Balaban J connectivity index is 2.04. The lowest BCUT2D eigenvalue weighted by Crippen LogP contribution is -2.16. The van der Waals surface area contributed by atoms with Crippen LogP contribution in [0.2, 0.25) is 0 Å². The number of benzene rings is 1. The van der Waals surface area contributed by atoms with Gasteiger partial charge in [-0.25, -0.2) is 9.37 Å². The minimum Gasteiger partial charge on any atom is -0.318 e. The number of rotatable bonds is 2. The molecule has 3 rings (SSSR count). The molecule has 0 fully saturated rings.